The maximum atomic E-state index is 12.3. The maximum absolute atomic E-state index is 12.3. The van der Waals surface area contributed by atoms with Crippen molar-refractivity contribution >= 4 is 11.9 Å². The predicted molar refractivity (Wildman–Crippen MR) is 116 cm³/mol. The molecule has 0 unspecified atom stereocenters. The van der Waals surface area contributed by atoms with Crippen LogP contribution in [-0.2, 0) is 25.6 Å². The number of methoxy groups -OCH3 is 1. The molecule has 0 aliphatic carbocycles. The minimum atomic E-state index is -1.67. The number of rotatable bonds is 8. The molecule has 3 rings (SSSR count). The lowest BCUT2D eigenvalue weighted by Crippen LogP contribution is -2.60. The summed E-state index contributed by atoms with van der Waals surface area (Å²) in [6.45, 7) is 0.573. The summed E-state index contributed by atoms with van der Waals surface area (Å²) in [4.78, 5) is 23.3. The Labute approximate surface area is 199 Å². The van der Waals surface area contributed by atoms with Crippen LogP contribution in [0.3, 0.4) is 0 Å². The van der Waals surface area contributed by atoms with Crippen molar-refractivity contribution in [3.05, 3.63) is 47.5 Å². The van der Waals surface area contributed by atoms with Crippen molar-refractivity contribution in [3.63, 3.8) is 0 Å². The molecule has 12 nitrogen and oxygen atoms in total. The molecule has 1 saturated heterocycles. The largest absolute Gasteiger partial charge is 0.504 e. The van der Waals surface area contributed by atoms with Crippen LogP contribution < -0.4 is 9.47 Å². The molecule has 0 aromatic heterocycles. The number of hydrogen-bond donors (Lipinski definition) is 5. The first kappa shape index (κ1) is 26.0. The van der Waals surface area contributed by atoms with E-state index in [2.05, 4.69) is 0 Å². The van der Waals surface area contributed by atoms with Crippen LogP contribution >= 0.6 is 0 Å². The average molecular weight is 494 g/mol. The molecule has 2 aromatic rings. The first-order valence-electron chi connectivity index (χ1n) is 10.5. The zero-order valence-corrected chi connectivity index (χ0v) is 18.9. The number of phenolic OH excluding ortho intramolecular Hbond substituents is 2. The van der Waals surface area contributed by atoms with Crippen molar-refractivity contribution in [1.29, 1.82) is 0 Å². The van der Waals surface area contributed by atoms with Gasteiger partial charge in [-0.3, -0.25) is 4.79 Å². The molecule has 190 valence electrons. The Hall–Kier alpha value is -3.58. The van der Waals surface area contributed by atoms with Gasteiger partial charge in [0.15, 0.2) is 23.0 Å². The Bertz CT molecular complexity index is 1050. The Kier molecular flexibility index (Phi) is 8.35. The molecular weight excluding hydrogens is 468 g/mol. The molecule has 12 heteroatoms. The van der Waals surface area contributed by atoms with Crippen LogP contribution in [0.1, 0.15) is 22.8 Å². The fourth-order valence-corrected chi connectivity index (χ4v) is 3.27. The van der Waals surface area contributed by atoms with Gasteiger partial charge in [-0.2, -0.15) is 0 Å². The van der Waals surface area contributed by atoms with Crippen LogP contribution in [0, 0.1) is 0 Å². The van der Waals surface area contributed by atoms with E-state index >= 15 is 0 Å². The smallest absolute Gasteiger partial charge is 0.338 e. The molecule has 2 aromatic carbocycles. The Morgan fingerprint density at radius 3 is 2.31 bits per heavy atom. The average Bonchev–Trinajstić information content (AvgIpc) is 2.83. The fraction of sp³-hybridized carbons (Fsp3) is 0.391. The molecule has 0 bridgehead atoms. The molecule has 1 aliphatic heterocycles. The third-order valence-electron chi connectivity index (χ3n) is 5.17. The zero-order chi connectivity index (χ0) is 25.7. The van der Waals surface area contributed by atoms with Crippen LogP contribution in [0.4, 0.5) is 0 Å². The van der Waals surface area contributed by atoms with Crippen molar-refractivity contribution in [3.8, 4) is 23.0 Å². The van der Waals surface area contributed by atoms with Crippen molar-refractivity contribution in [1.82, 2.24) is 0 Å². The van der Waals surface area contributed by atoms with Crippen LogP contribution in [0.2, 0.25) is 0 Å². The normalized spacial score (nSPS) is 23.9. The third kappa shape index (κ3) is 6.31. The highest BCUT2D eigenvalue weighted by atomic mass is 16.7. The number of aliphatic hydroxyl groups is 3. The van der Waals surface area contributed by atoms with Crippen molar-refractivity contribution in [2.24, 2.45) is 0 Å². The van der Waals surface area contributed by atoms with Gasteiger partial charge in [0.1, 0.15) is 37.6 Å². The van der Waals surface area contributed by atoms with E-state index in [9.17, 15) is 35.1 Å². The molecule has 35 heavy (non-hydrogen) atoms. The van der Waals surface area contributed by atoms with E-state index in [1.54, 1.807) is 0 Å². The lowest BCUT2D eigenvalue weighted by molar-refractivity contribution is -0.278. The summed E-state index contributed by atoms with van der Waals surface area (Å²) in [6, 6.07) is 8.05. The van der Waals surface area contributed by atoms with Gasteiger partial charge in [0.05, 0.1) is 12.7 Å². The number of benzene rings is 2. The summed E-state index contributed by atoms with van der Waals surface area (Å²) in [7, 11) is 1.34. The second-order valence-corrected chi connectivity index (χ2v) is 7.70. The van der Waals surface area contributed by atoms with Gasteiger partial charge in [0.25, 0.3) is 0 Å². The molecule has 1 fully saturated rings. The number of aliphatic hydroxyl groups excluding tert-OH is 3. The van der Waals surface area contributed by atoms with Gasteiger partial charge < -0.3 is 49.2 Å². The number of esters is 2. The summed E-state index contributed by atoms with van der Waals surface area (Å²) in [5, 5.41) is 50.2. The summed E-state index contributed by atoms with van der Waals surface area (Å²) < 4.78 is 25.8. The van der Waals surface area contributed by atoms with Crippen molar-refractivity contribution < 1.29 is 58.8 Å². The van der Waals surface area contributed by atoms with Gasteiger partial charge in [-0.1, -0.05) is 6.07 Å². The minimum Gasteiger partial charge on any atom is -0.504 e. The summed E-state index contributed by atoms with van der Waals surface area (Å²) in [5.74, 6) is -1.83. The number of hydrogen-bond acceptors (Lipinski definition) is 12. The van der Waals surface area contributed by atoms with Crippen molar-refractivity contribution in [2.75, 3.05) is 13.7 Å². The molecule has 5 atom stereocenters. The van der Waals surface area contributed by atoms with Gasteiger partial charge >= 0.3 is 11.9 Å². The van der Waals surface area contributed by atoms with Crippen LogP contribution in [0.15, 0.2) is 36.4 Å². The van der Waals surface area contributed by atoms with E-state index in [1.807, 2.05) is 0 Å². The number of ether oxygens (including phenoxy) is 5. The highest BCUT2D eigenvalue weighted by molar-refractivity contribution is 5.90. The molecule has 0 spiro atoms. The van der Waals surface area contributed by atoms with E-state index in [0.717, 1.165) is 6.92 Å². The first-order valence-corrected chi connectivity index (χ1v) is 10.5. The standard InChI is InChI=1S/C23H26O12/c1-11(24)32-10-18-19(27)20(28)21(29)23(35-18)34-16-6-3-12(7-15(16)26)9-33-22(30)13-4-5-14(25)17(8-13)31-2/h3-8,18-21,23,25-29H,9-10H2,1-2H3/t18-,19-,20+,21-,23-/m1/s1. The summed E-state index contributed by atoms with van der Waals surface area (Å²) >= 11 is 0. The number of aromatic hydroxyl groups is 2. The maximum Gasteiger partial charge on any atom is 0.338 e. The van der Waals surface area contributed by atoms with Crippen LogP contribution in [-0.4, -0.2) is 81.9 Å². The summed E-state index contributed by atoms with van der Waals surface area (Å²) in [5.41, 5.74) is 0.554. The van der Waals surface area contributed by atoms with E-state index in [4.69, 9.17) is 23.7 Å². The van der Waals surface area contributed by atoms with E-state index in [0.29, 0.717) is 5.56 Å². The van der Waals surface area contributed by atoms with Gasteiger partial charge in [0, 0.05) is 6.92 Å². The quantitative estimate of drug-likeness (QED) is 0.315. The second-order valence-electron chi connectivity index (χ2n) is 7.70. The monoisotopic (exact) mass is 494 g/mol. The third-order valence-corrected chi connectivity index (χ3v) is 5.17. The molecular formula is C23H26O12. The zero-order valence-electron chi connectivity index (χ0n) is 18.9. The van der Waals surface area contributed by atoms with Crippen LogP contribution in [0.5, 0.6) is 23.0 Å². The van der Waals surface area contributed by atoms with E-state index < -0.39 is 42.6 Å². The van der Waals surface area contributed by atoms with Crippen LogP contribution in [0.25, 0.3) is 0 Å². The minimum absolute atomic E-state index is 0.110. The van der Waals surface area contributed by atoms with Gasteiger partial charge in [0.2, 0.25) is 6.29 Å². The fourth-order valence-electron chi connectivity index (χ4n) is 3.27. The predicted octanol–water partition coefficient (Wildman–Crippen LogP) is 0.213. The SMILES string of the molecule is COc1cc(C(=O)OCc2ccc(O[C@@H]3O[C@H](COC(C)=O)[C@@H](O)[C@H](O)[C@H]3O)c(O)c2)ccc1O. The summed E-state index contributed by atoms with van der Waals surface area (Å²) in [6.07, 6.45) is -7.53. The van der Waals surface area contributed by atoms with E-state index in [1.165, 1.54) is 43.5 Å². The molecule has 0 radical (unpaired) electrons. The Morgan fingerprint density at radius 2 is 1.66 bits per heavy atom. The topological polar surface area (TPSA) is 181 Å². The molecule has 0 amide bonds. The number of carbonyl (C=O) groups excluding carboxylic acids is 2. The second kappa shape index (κ2) is 11.2. The van der Waals surface area contributed by atoms with Gasteiger partial charge in [-0.05, 0) is 35.9 Å². The Balaban J connectivity index is 1.63. The molecule has 1 aliphatic rings. The van der Waals surface area contributed by atoms with E-state index in [-0.39, 0.29) is 41.8 Å². The van der Waals surface area contributed by atoms with Gasteiger partial charge in [-0.25, -0.2) is 4.79 Å². The highest BCUT2D eigenvalue weighted by Gasteiger charge is 2.45. The first-order chi connectivity index (χ1) is 16.6. The molecule has 0 saturated carbocycles. The van der Waals surface area contributed by atoms with Crippen molar-refractivity contribution in [2.45, 2.75) is 44.2 Å². The lowest BCUT2D eigenvalue weighted by Gasteiger charge is -2.39. The molecule has 5 N–H and O–H groups in total. The number of carbonyl (C=O) groups is 2. The highest BCUT2D eigenvalue weighted by Crippen LogP contribution is 2.32. The molecule has 1 heterocycles. The Morgan fingerprint density at radius 1 is 0.914 bits per heavy atom. The number of phenols is 2. The van der Waals surface area contributed by atoms with Gasteiger partial charge in [-0.15, -0.1) is 0 Å². The lowest BCUT2D eigenvalue weighted by atomic mass is 9.99.